The smallest absolute Gasteiger partial charge is 0.416 e. The van der Waals surface area contributed by atoms with Crippen molar-refractivity contribution in [3.8, 4) is 11.3 Å². The molecule has 0 spiro atoms. The van der Waals surface area contributed by atoms with Gasteiger partial charge in [0.15, 0.2) is 0 Å². The number of nitrogens with two attached hydrogens (primary N) is 1. The Morgan fingerprint density at radius 1 is 1.32 bits per heavy atom. The Morgan fingerprint density at radius 2 is 2.00 bits per heavy atom. The van der Waals surface area contributed by atoms with Gasteiger partial charge in [0.05, 0.1) is 23.0 Å². The lowest BCUT2D eigenvalue weighted by atomic mass is 10.1. The zero-order chi connectivity index (χ0) is 16.5. The van der Waals surface area contributed by atoms with Crippen LogP contribution in [-0.2, 0) is 11.0 Å². The van der Waals surface area contributed by atoms with E-state index in [1.807, 2.05) is 0 Å². The second-order valence-electron chi connectivity index (χ2n) is 4.60. The molecule has 2 rings (SSSR count). The van der Waals surface area contributed by atoms with Gasteiger partial charge in [-0.05, 0) is 30.3 Å². The second-order valence-corrected chi connectivity index (χ2v) is 5.01. The van der Waals surface area contributed by atoms with Crippen molar-refractivity contribution < 1.29 is 27.5 Å². The van der Waals surface area contributed by atoms with Crippen LogP contribution >= 0.6 is 11.6 Å². The molecule has 4 nitrogen and oxygen atoms in total. The fourth-order valence-electron chi connectivity index (χ4n) is 1.88. The van der Waals surface area contributed by atoms with Crippen LogP contribution in [0.2, 0.25) is 5.02 Å². The monoisotopic (exact) mass is 333 g/mol. The highest BCUT2D eigenvalue weighted by Gasteiger charge is 2.31. The second kappa shape index (κ2) is 6.02. The number of halogens is 4. The maximum absolute atomic E-state index is 12.7. The van der Waals surface area contributed by atoms with E-state index in [1.54, 1.807) is 0 Å². The lowest BCUT2D eigenvalue weighted by Crippen LogP contribution is -2.14. The Bertz CT molecular complexity index is 697. The van der Waals surface area contributed by atoms with Gasteiger partial charge in [0.2, 0.25) is 0 Å². The minimum Gasteiger partial charge on any atom is -0.481 e. The molecule has 0 unspecified atom stereocenters. The van der Waals surface area contributed by atoms with E-state index >= 15 is 0 Å². The van der Waals surface area contributed by atoms with Crippen LogP contribution in [0.15, 0.2) is 34.7 Å². The standard InChI is InChI=1S/C14H11ClF3NO3/c15-9-2-1-7(14(16,17)18)5-8(9)11-3-4-12(22-11)10(19)6-13(20)21/h1-5,10H,6,19H2,(H,20,21)/t10-/m0/s1. The van der Waals surface area contributed by atoms with Crippen LogP contribution in [0.1, 0.15) is 23.8 Å². The van der Waals surface area contributed by atoms with Gasteiger partial charge in [-0.3, -0.25) is 4.79 Å². The highest BCUT2D eigenvalue weighted by Crippen LogP contribution is 2.37. The number of alkyl halides is 3. The molecule has 0 aliphatic heterocycles. The van der Waals surface area contributed by atoms with E-state index in [-0.39, 0.29) is 28.5 Å². The van der Waals surface area contributed by atoms with Gasteiger partial charge >= 0.3 is 12.1 Å². The number of rotatable bonds is 4. The molecule has 2 aromatic rings. The topological polar surface area (TPSA) is 76.5 Å². The maximum atomic E-state index is 12.7. The first kappa shape index (κ1) is 16.4. The highest BCUT2D eigenvalue weighted by molar-refractivity contribution is 6.33. The van der Waals surface area contributed by atoms with Gasteiger partial charge in [-0.1, -0.05) is 11.6 Å². The fraction of sp³-hybridized carbons (Fsp3) is 0.214. The van der Waals surface area contributed by atoms with Gasteiger partial charge in [0.1, 0.15) is 11.5 Å². The van der Waals surface area contributed by atoms with E-state index in [2.05, 4.69) is 0 Å². The molecule has 1 heterocycles. The van der Waals surface area contributed by atoms with Crippen molar-refractivity contribution in [2.75, 3.05) is 0 Å². The fourth-order valence-corrected chi connectivity index (χ4v) is 2.09. The van der Waals surface area contributed by atoms with Crippen LogP contribution < -0.4 is 5.73 Å². The predicted octanol–water partition coefficient (Wildman–Crippen LogP) is 4.09. The van der Waals surface area contributed by atoms with Crippen molar-refractivity contribution in [2.24, 2.45) is 5.73 Å². The number of carboxylic acid groups (broad SMARTS) is 1. The molecule has 8 heteroatoms. The molecule has 1 aromatic carbocycles. The van der Waals surface area contributed by atoms with Crippen molar-refractivity contribution in [3.63, 3.8) is 0 Å². The molecular weight excluding hydrogens is 323 g/mol. The molecule has 118 valence electrons. The number of carbonyl (C=O) groups is 1. The third-order valence-electron chi connectivity index (χ3n) is 2.95. The molecule has 0 aliphatic rings. The summed E-state index contributed by atoms with van der Waals surface area (Å²) in [6.07, 6.45) is -4.86. The number of hydrogen-bond donors (Lipinski definition) is 2. The molecule has 0 saturated heterocycles. The van der Waals surface area contributed by atoms with E-state index in [0.717, 1.165) is 18.2 Å². The van der Waals surface area contributed by atoms with Crippen LogP contribution in [0.3, 0.4) is 0 Å². The van der Waals surface area contributed by atoms with E-state index in [1.165, 1.54) is 12.1 Å². The van der Waals surface area contributed by atoms with Gasteiger partial charge in [-0.25, -0.2) is 0 Å². The number of benzene rings is 1. The predicted molar refractivity (Wildman–Crippen MR) is 73.3 cm³/mol. The summed E-state index contributed by atoms with van der Waals surface area (Å²) < 4.78 is 43.5. The first-order valence-corrected chi connectivity index (χ1v) is 6.50. The molecule has 0 fully saturated rings. The summed E-state index contributed by atoms with van der Waals surface area (Å²) in [7, 11) is 0. The molecule has 0 bridgehead atoms. The summed E-state index contributed by atoms with van der Waals surface area (Å²) in [5.74, 6) is -0.861. The van der Waals surface area contributed by atoms with Gasteiger partial charge in [0.25, 0.3) is 0 Å². The Balaban J connectivity index is 2.37. The van der Waals surface area contributed by atoms with E-state index in [4.69, 9.17) is 26.9 Å². The molecule has 1 aromatic heterocycles. The summed E-state index contributed by atoms with van der Waals surface area (Å²) in [5.41, 5.74) is 4.84. The first-order valence-electron chi connectivity index (χ1n) is 6.12. The molecule has 0 aliphatic carbocycles. The summed E-state index contributed by atoms with van der Waals surface area (Å²) in [4.78, 5) is 10.6. The van der Waals surface area contributed by atoms with Crippen LogP contribution in [0.4, 0.5) is 13.2 Å². The van der Waals surface area contributed by atoms with Gasteiger partial charge in [-0.15, -0.1) is 0 Å². The largest absolute Gasteiger partial charge is 0.481 e. The van der Waals surface area contributed by atoms with E-state index in [9.17, 15) is 18.0 Å². The molecule has 1 atom stereocenters. The molecule has 22 heavy (non-hydrogen) atoms. The normalized spacial score (nSPS) is 13.1. The molecule has 0 radical (unpaired) electrons. The average molecular weight is 334 g/mol. The Morgan fingerprint density at radius 3 is 2.59 bits per heavy atom. The third kappa shape index (κ3) is 3.61. The van der Waals surface area contributed by atoms with Gasteiger partial charge < -0.3 is 15.3 Å². The summed E-state index contributed by atoms with van der Waals surface area (Å²) in [6.45, 7) is 0. The van der Waals surface area contributed by atoms with Crippen LogP contribution in [0.5, 0.6) is 0 Å². The number of hydrogen-bond acceptors (Lipinski definition) is 3. The highest BCUT2D eigenvalue weighted by atomic mass is 35.5. The van der Waals surface area contributed by atoms with Crippen molar-refractivity contribution in [1.29, 1.82) is 0 Å². The van der Waals surface area contributed by atoms with Gasteiger partial charge in [0, 0.05) is 5.56 Å². The number of aliphatic carboxylic acids is 1. The zero-order valence-corrected chi connectivity index (χ0v) is 11.8. The molecule has 3 N–H and O–H groups in total. The number of furan rings is 1. The van der Waals surface area contributed by atoms with Crippen LogP contribution in [-0.4, -0.2) is 11.1 Å². The van der Waals surface area contributed by atoms with Crippen LogP contribution in [0, 0.1) is 0 Å². The Hall–Kier alpha value is -1.99. The zero-order valence-electron chi connectivity index (χ0n) is 11.0. The third-order valence-corrected chi connectivity index (χ3v) is 3.28. The summed E-state index contributed by atoms with van der Waals surface area (Å²) >= 11 is 5.90. The molecular formula is C14H11ClF3NO3. The molecule has 0 amide bonds. The van der Waals surface area contributed by atoms with E-state index < -0.39 is 23.8 Å². The lowest BCUT2D eigenvalue weighted by Gasteiger charge is -2.09. The van der Waals surface area contributed by atoms with Crippen molar-refractivity contribution in [1.82, 2.24) is 0 Å². The maximum Gasteiger partial charge on any atom is 0.416 e. The van der Waals surface area contributed by atoms with Crippen LogP contribution in [0.25, 0.3) is 11.3 Å². The van der Waals surface area contributed by atoms with Gasteiger partial charge in [-0.2, -0.15) is 13.2 Å². The quantitative estimate of drug-likeness (QED) is 0.883. The van der Waals surface area contributed by atoms with Crippen molar-refractivity contribution in [3.05, 3.63) is 46.7 Å². The average Bonchev–Trinajstić information content (AvgIpc) is 2.86. The van der Waals surface area contributed by atoms with Crippen molar-refractivity contribution >= 4 is 17.6 Å². The lowest BCUT2D eigenvalue weighted by molar-refractivity contribution is -0.138. The minimum absolute atomic E-state index is 0.0604. The Labute approximate surface area is 128 Å². The Kier molecular flexibility index (Phi) is 4.48. The summed E-state index contributed by atoms with van der Waals surface area (Å²) in [5, 5.41) is 8.76. The first-order chi connectivity index (χ1) is 10.2. The van der Waals surface area contributed by atoms with Crippen molar-refractivity contribution in [2.45, 2.75) is 18.6 Å². The SMILES string of the molecule is N[C@@H](CC(=O)O)c1ccc(-c2cc(C(F)(F)F)ccc2Cl)o1. The number of carboxylic acids is 1. The molecule has 0 saturated carbocycles. The summed E-state index contributed by atoms with van der Waals surface area (Å²) in [6, 6.07) is 4.78. The minimum atomic E-state index is -4.51. The van der Waals surface area contributed by atoms with E-state index in [0.29, 0.717) is 0 Å².